The molecule has 1 aromatic carbocycles. The number of hydrogen-bond donors (Lipinski definition) is 1. The second kappa shape index (κ2) is 9.06. The highest BCUT2D eigenvalue weighted by atomic mass is 16.5. The molecule has 0 aliphatic carbocycles. The standard InChI is InChI=1S/C18H30N2O/c1-3-16(2)17-8-4-5-9-18(17)21-15-7-6-12-20-13-10-19-11-14-20/h4-5,8-9,16,19H,3,6-7,10-15H2,1-2H3. The highest BCUT2D eigenvalue weighted by Gasteiger charge is 2.10. The van der Waals surface area contributed by atoms with Crippen molar-refractivity contribution in [3.63, 3.8) is 0 Å². The van der Waals surface area contributed by atoms with Crippen LogP contribution in [0.3, 0.4) is 0 Å². The van der Waals surface area contributed by atoms with E-state index in [1.807, 2.05) is 0 Å². The van der Waals surface area contributed by atoms with Gasteiger partial charge in [-0.25, -0.2) is 0 Å². The van der Waals surface area contributed by atoms with Gasteiger partial charge in [0, 0.05) is 26.2 Å². The van der Waals surface area contributed by atoms with E-state index in [1.54, 1.807) is 0 Å². The van der Waals surface area contributed by atoms with Crippen LogP contribution in [0.15, 0.2) is 24.3 Å². The number of para-hydroxylation sites is 1. The van der Waals surface area contributed by atoms with Gasteiger partial charge < -0.3 is 15.0 Å². The van der Waals surface area contributed by atoms with Crippen LogP contribution in [0.5, 0.6) is 5.75 Å². The van der Waals surface area contributed by atoms with E-state index in [1.165, 1.54) is 31.6 Å². The molecule has 1 unspecified atom stereocenters. The van der Waals surface area contributed by atoms with E-state index in [2.05, 4.69) is 48.3 Å². The first-order chi connectivity index (χ1) is 10.3. The van der Waals surface area contributed by atoms with E-state index >= 15 is 0 Å². The Hall–Kier alpha value is -1.06. The normalized spacial score (nSPS) is 17.6. The van der Waals surface area contributed by atoms with Crippen LogP contribution >= 0.6 is 0 Å². The molecular formula is C18H30N2O. The number of piperazine rings is 1. The zero-order valence-corrected chi connectivity index (χ0v) is 13.6. The topological polar surface area (TPSA) is 24.5 Å². The third kappa shape index (κ3) is 5.33. The zero-order chi connectivity index (χ0) is 14.9. The number of hydrogen-bond acceptors (Lipinski definition) is 3. The Morgan fingerprint density at radius 3 is 2.71 bits per heavy atom. The second-order valence-corrected chi connectivity index (χ2v) is 5.99. The van der Waals surface area contributed by atoms with Gasteiger partial charge in [0.05, 0.1) is 6.61 Å². The minimum absolute atomic E-state index is 0.571. The molecule has 118 valence electrons. The van der Waals surface area contributed by atoms with Crippen molar-refractivity contribution in [2.45, 2.75) is 39.0 Å². The third-order valence-electron chi connectivity index (χ3n) is 4.40. The maximum atomic E-state index is 6.02. The van der Waals surface area contributed by atoms with Crippen LogP contribution in [0.25, 0.3) is 0 Å². The Bertz CT molecular complexity index is 402. The van der Waals surface area contributed by atoms with Gasteiger partial charge in [0.25, 0.3) is 0 Å². The van der Waals surface area contributed by atoms with E-state index in [0.717, 1.165) is 38.3 Å². The molecular weight excluding hydrogens is 260 g/mol. The fraction of sp³-hybridized carbons (Fsp3) is 0.667. The molecule has 0 saturated carbocycles. The van der Waals surface area contributed by atoms with Crippen LogP contribution in [0.4, 0.5) is 0 Å². The molecule has 0 aromatic heterocycles. The highest BCUT2D eigenvalue weighted by molar-refractivity contribution is 5.35. The lowest BCUT2D eigenvalue weighted by molar-refractivity contribution is 0.225. The number of rotatable bonds is 8. The summed E-state index contributed by atoms with van der Waals surface area (Å²) in [4.78, 5) is 2.55. The predicted molar refractivity (Wildman–Crippen MR) is 89.2 cm³/mol. The van der Waals surface area contributed by atoms with Gasteiger partial charge in [-0.3, -0.25) is 0 Å². The fourth-order valence-corrected chi connectivity index (χ4v) is 2.79. The summed E-state index contributed by atoms with van der Waals surface area (Å²) in [6.07, 6.45) is 3.52. The molecule has 1 aliphatic rings. The third-order valence-corrected chi connectivity index (χ3v) is 4.40. The first-order valence-corrected chi connectivity index (χ1v) is 8.46. The molecule has 3 nitrogen and oxygen atoms in total. The molecule has 0 amide bonds. The van der Waals surface area contributed by atoms with Crippen molar-refractivity contribution in [1.29, 1.82) is 0 Å². The molecule has 1 aliphatic heterocycles. The van der Waals surface area contributed by atoms with Crippen molar-refractivity contribution in [3.05, 3.63) is 29.8 Å². The monoisotopic (exact) mass is 290 g/mol. The maximum absolute atomic E-state index is 6.02. The van der Waals surface area contributed by atoms with Gasteiger partial charge in [-0.1, -0.05) is 32.0 Å². The zero-order valence-electron chi connectivity index (χ0n) is 13.6. The van der Waals surface area contributed by atoms with Crippen LogP contribution in [-0.2, 0) is 0 Å². The van der Waals surface area contributed by atoms with Crippen LogP contribution in [0.2, 0.25) is 0 Å². The summed E-state index contributed by atoms with van der Waals surface area (Å²) >= 11 is 0. The van der Waals surface area contributed by atoms with Crippen LogP contribution in [-0.4, -0.2) is 44.2 Å². The summed E-state index contributed by atoms with van der Waals surface area (Å²) in [5, 5.41) is 3.39. The van der Waals surface area contributed by atoms with Crippen molar-refractivity contribution in [2.24, 2.45) is 0 Å². The van der Waals surface area contributed by atoms with Crippen molar-refractivity contribution in [2.75, 3.05) is 39.3 Å². The van der Waals surface area contributed by atoms with Crippen LogP contribution in [0, 0.1) is 0 Å². The average Bonchev–Trinajstić information content (AvgIpc) is 2.55. The molecule has 0 spiro atoms. The predicted octanol–water partition coefficient (Wildman–Crippen LogP) is 3.26. The first-order valence-electron chi connectivity index (χ1n) is 8.46. The van der Waals surface area contributed by atoms with Crippen LogP contribution in [0.1, 0.15) is 44.6 Å². The maximum Gasteiger partial charge on any atom is 0.122 e. The van der Waals surface area contributed by atoms with E-state index in [-0.39, 0.29) is 0 Å². The number of nitrogens with one attached hydrogen (secondary N) is 1. The number of unbranched alkanes of at least 4 members (excludes halogenated alkanes) is 1. The molecule has 1 atom stereocenters. The molecule has 1 saturated heterocycles. The van der Waals surface area contributed by atoms with Gasteiger partial charge in [-0.2, -0.15) is 0 Å². The van der Waals surface area contributed by atoms with Crippen molar-refractivity contribution < 1.29 is 4.74 Å². The lowest BCUT2D eigenvalue weighted by Gasteiger charge is -2.27. The second-order valence-electron chi connectivity index (χ2n) is 5.99. The molecule has 0 radical (unpaired) electrons. The fourth-order valence-electron chi connectivity index (χ4n) is 2.79. The molecule has 1 fully saturated rings. The lowest BCUT2D eigenvalue weighted by atomic mass is 9.98. The Morgan fingerprint density at radius 2 is 1.95 bits per heavy atom. The molecule has 2 rings (SSSR count). The largest absolute Gasteiger partial charge is 0.493 e. The summed E-state index contributed by atoms with van der Waals surface area (Å²) in [6.45, 7) is 11.2. The summed E-state index contributed by atoms with van der Waals surface area (Å²) in [5.74, 6) is 1.65. The molecule has 1 aromatic rings. The van der Waals surface area contributed by atoms with Crippen molar-refractivity contribution in [1.82, 2.24) is 10.2 Å². The lowest BCUT2D eigenvalue weighted by Crippen LogP contribution is -2.43. The molecule has 21 heavy (non-hydrogen) atoms. The van der Waals surface area contributed by atoms with Gasteiger partial charge in [-0.15, -0.1) is 0 Å². The Morgan fingerprint density at radius 1 is 1.19 bits per heavy atom. The van der Waals surface area contributed by atoms with Gasteiger partial charge in [-0.05, 0) is 43.4 Å². The van der Waals surface area contributed by atoms with E-state index in [0.29, 0.717) is 5.92 Å². The quantitative estimate of drug-likeness (QED) is 0.744. The van der Waals surface area contributed by atoms with Gasteiger partial charge in [0.2, 0.25) is 0 Å². The number of benzene rings is 1. The smallest absolute Gasteiger partial charge is 0.122 e. The minimum atomic E-state index is 0.571. The summed E-state index contributed by atoms with van der Waals surface area (Å²) in [6, 6.07) is 8.49. The Kier molecular flexibility index (Phi) is 7.04. The molecule has 3 heteroatoms. The highest BCUT2D eigenvalue weighted by Crippen LogP contribution is 2.28. The van der Waals surface area contributed by atoms with Crippen molar-refractivity contribution >= 4 is 0 Å². The molecule has 1 N–H and O–H groups in total. The number of nitrogens with zero attached hydrogens (tertiary/aromatic N) is 1. The Labute approximate surface area is 129 Å². The van der Waals surface area contributed by atoms with Crippen LogP contribution < -0.4 is 10.1 Å². The van der Waals surface area contributed by atoms with Crippen molar-refractivity contribution in [3.8, 4) is 5.75 Å². The Balaban J connectivity index is 1.68. The van der Waals surface area contributed by atoms with E-state index in [9.17, 15) is 0 Å². The summed E-state index contributed by atoms with van der Waals surface area (Å²) in [5.41, 5.74) is 1.35. The summed E-state index contributed by atoms with van der Waals surface area (Å²) in [7, 11) is 0. The number of ether oxygens (including phenoxy) is 1. The molecule has 1 heterocycles. The summed E-state index contributed by atoms with van der Waals surface area (Å²) < 4.78 is 6.02. The van der Waals surface area contributed by atoms with Gasteiger partial charge in [0.15, 0.2) is 0 Å². The SMILES string of the molecule is CCC(C)c1ccccc1OCCCCN1CCNCC1. The molecule has 0 bridgehead atoms. The average molecular weight is 290 g/mol. The van der Waals surface area contributed by atoms with E-state index < -0.39 is 0 Å². The minimum Gasteiger partial charge on any atom is -0.493 e. The first kappa shape index (κ1) is 16.3. The van der Waals surface area contributed by atoms with E-state index in [4.69, 9.17) is 4.74 Å². The van der Waals surface area contributed by atoms with Gasteiger partial charge >= 0.3 is 0 Å². The van der Waals surface area contributed by atoms with Gasteiger partial charge in [0.1, 0.15) is 5.75 Å².